The Morgan fingerprint density at radius 1 is 1.33 bits per heavy atom. The van der Waals surface area contributed by atoms with Crippen molar-refractivity contribution in [2.75, 3.05) is 26.3 Å². The molecule has 0 aromatic heterocycles. The van der Waals surface area contributed by atoms with Crippen molar-refractivity contribution in [1.29, 1.82) is 0 Å². The van der Waals surface area contributed by atoms with Gasteiger partial charge in [0.1, 0.15) is 6.61 Å². The van der Waals surface area contributed by atoms with Gasteiger partial charge in [-0.25, -0.2) is 0 Å². The van der Waals surface area contributed by atoms with Crippen LogP contribution in [0.4, 0.5) is 13.2 Å². The maximum absolute atomic E-state index is 11.7. The molecule has 90 valence electrons. The zero-order valence-corrected chi connectivity index (χ0v) is 8.99. The van der Waals surface area contributed by atoms with Gasteiger partial charge in [-0.05, 0) is 24.7 Å². The second-order valence-corrected chi connectivity index (χ2v) is 4.20. The van der Waals surface area contributed by atoms with Crippen molar-refractivity contribution < 1.29 is 17.9 Å². The lowest BCUT2D eigenvalue weighted by atomic mass is 10.0. The molecule has 0 atom stereocenters. The van der Waals surface area contributed by atoms with Crippen molar-refractivity contribution >= 4 is 0 Å². The molecule has 0 saturated heterocycles. The fourth-order valence-corrected chi connectivity index (χ4v) is 1.52. The summed E-state index contributed by atoms with van der Waals surface area (Å²) in [5, 5.41) is 3.13. The normalized spacial score (nSPS) is 19.2. The van der Waals surface area contributed by atoms with Crippen LogP contribution in [0.3, 0.4) is 0 Å². The highest BCUT2D eigenvalue weighted by Gasteiger charge is 2.39. The predicted molar refractivity (Wildman–Crippen MR) is 51.7 cm³/mol. The first-order valence-electron chi connectivity index (χ1n) is 5.33. The molecule has 5 heteroatoms. The molecule has 0 unspecified atom stereocenters. The van der Waals surface area contributed by atoms with Gasteiger partial charge >= 0.3 is 6.18 Å². The molecule has 0 spiro atoms. The third-order valence-electron chi connectivity index (χ3n) is 2.90. The summed E-state index contributed by atoms with van der Waals surface area (Å²) in [6.45, 7) is 2.53. The van der Waals surface area contributed by atoms with Gasteiger partial charge in [-0.15, -0.1) is 0 Å². The summed E-state index contributed by atoms with van der Waals surface area (Å²) in [6, 6.07) is 0. The van der Waals surface area contributed by atoms with Crippen LogP contribution < -0.4 is 5.32 Å². The summed E-state index contributed by atoms with van der Waals surface area (Å²) in [7, 11) is 0. The predicted octanol–water partition coefficient (Wildman–Crippen LogP) is 2.35. The Bertz CT molecular complexity index is 190. The lowest BCUT2D eigenvalue weighted by molar-refractivity contribution is -0.173. The van der Waals surface area contributed by atoms with Gasteiger partial charge in [-0.1, -0.05) is 6.92 Å². The minimum atomic E-state index is -4.21. The minimum Gasteiger partial charge on any atom is -0.371 e. The van der Waals surface area contributed by atoms with Gasteiger partial charge in [0.25, 0.3) is 0 Å². The second-order valence-electron chi connectivity index (χ2n) is 4.20. The van der Waals surface area contributed by atoms with Crippen LogP contribution in [0.1, 0.15) is 26.2 Å². The second kappa shape index (κ2) is 5.16. The summed E-state index contributed by atoms with van der Waals surface area (Å²) in [6.07, 6.45) is -0.593. The van der Waals surface area contributed by atoms with E-state index in [4.69, 9.17) is 0 Å². The minimum absolute atomic E-state index is 0.124. The van der Waals surface area contributed by atoms with E-state index in [9.17, 15) is 13.2 Å². The highest BCUT2D eigenvalue weighted by Crippen LogP contribution is 2.47. The summed E-state index contributed by atoms with van der Waals surface area (Å²) in [5.41, 5.74) is 0.435. The average molecular weight is 225 g/mol. The molecule has 2 nitrogen and oxygen atoms in total. The highest BCUT2D eigenvalue weighted by molar-refractivity contribution is 4.93. The van der Waals surface area contributed by atoms with E-state index < -0.39 is 12.8 Å². The molecule has 0 radical (unpaired) electrons. The number of hydrogen-bond donors (Lipinski definition) is 1. The summed E-state index contributed by atoms with van der Waals surface area (Å²) in [5.74, 6) is 0. The molecule has 15 heavy (non-hydrogen) atoms. The third kappa shape index (κ3) is 5.37. The zero-order valence-electron chi connectivity index (χ0n) is 8.99. The summed E-state index contributed by atoms with van der Waals surface area (Å²) >= 11 is 0. The van der Waals surface area contributed by atoms with E-state index in [2.05, 4.69) is 17.0 Å². The van der Waals surface area contributed by atoms with Crippen molar-refractivity contribution in [3.8, 4) is 0 Å². The molecular weight excluding hydrogens is 207 g/mol. The molecule has 0 heterocycles. The van der Waals surface area contributed by atoms with E-state index in [1.54, 1.807) is 0 Å². The highest BCUT2D eigenvalue weighted by atomic mass is 19.4. The molecule has 1 rings (SSSR count). The third-order valence-corrected chi connectivity index (χ3v) is 2.90. The zero-order chi connectivity index (χ0) is 11.4. The molecule has 1 aliphatic rings. The van der Waals surface area contributed by atoms with Gasteiger partial charge in [-0.2, -0.15) is 13.2 Å². The maximum atomic E-state index is 11.7. The number of alkyl halides is 3. The van der Waals surface area contributed by atoms with Gasteiger partial charge < -0.3 is 10.1 Å². The van der Waals surface area contributed by atoms with E-state index in [1.807, 2.05) is 0 Å². The Labute approximate surface area is 88.2 Å². The van der Waals surface area contributed by atoms with E-state index in [1.165, 1.54) is 12.8 Å². The fourth-order valence-electron chi connectivity index (χ4n) is 1.52. The van der Waals surface area contributed by atoms with Crippen LogP contribution in [0.15, 0.2) is 0 Å². The van der Waals surface area contributed by atoms with E-state index in [-0.39, 0.29) is 6.61 Å². The lowest BCUT2D eigenvalue weighted by Crippen LogP contribution is -2.28. The van der Waals surface area contributed by atoms with Crippen LogP contribution in [0.2, 0.25) is 0 Å². The van der Waals surface area contributed by atoms with Crippen molar-refractivity contribution in [1.82, 2.24) is 5.32 Å². The Kier molecular flexibility index (Phi) is 4.40. The van der Waals surface area contributed by atoms with Gasteiger partial charge in [0.15, 0.2) is 0 Å². The number of nitrogens with one attached hydrogen (secondary N) is 1. The van der Waals surface area contributed by atoms with Crippen LogP contribution in [-0.4, -0.2) is 32.5 Å². The molecule has 1 saturated carbocycles. The van der Waals surface area contributed by atoms with Crippen LogP contribution in [0, 0.1) is 5.41 Å². The molecule has 1 fully saturated rings. The number of halogens is 3. The first-order valence-corrected chi connectivity index (χ1v) is 5.33. The SMILES string of the molecule is CCC1(CNCCOCC(F)(F)F)CC1. The van der Waals surface area contributed by atoms with Crippen LogP contribution in [0.25, 0.3) is 0 Å². The van der Waals surface area contributed by atoms with Crippen molar-refractivity contribution in [3.05, 3.63) is 0 Å². The van der Waals surface area contributed by atoms with E-state index in [0.29, 0.717) is 12.0 Å². The molecule has 1 N–H and O–H groups in total. The fraction of sp³-hybridized carbons (Fsp3) is 1.00. The molecule has 1 aliphatic carbocycles. The Morgan fingerprint density at radius 2 is 2.00 bits per heavy atom. The maximum Gasteiger partial charge on any atom is 0.411 e. The molecule has 0 bridgehead atoms. The average Bonchev–Trinajstić information content (AvgIpc) is 2.90. The van der Waals surface area contributed by atoms with Gasteiger partial charge in [0.2, 0.25) is 0 Å². The van der Waals surface area contributed by atoms with Crippen LogP contribution in [0.5, 0.6) is 0 Å². The molecule has 0 amide bonds. The van der Waals surface area contributed by atoms with E-state index in [0.717, 1.165) is 13.0 Å². The quantitative estimate of drug-likeness (QED) is 0.671. The Hall–Kier alpha value is -0.290. The first kappa shape index (κ1) is 12.8. The number of ether oxygens (including phenoxy) is 1. The Morgan fingerprint density at radius 3 is 2.47 bits per heavy atom. The summed E-state index contributed by atoms with van der Waals surface area (Å²) < 4.78 is 39.5. The monoisotopic (exact) mass is 225 g/mol. The molecule has 0 aromatic carbocycles. The van der Waals surface area contributed by atoms with Crippen molar-refractivity contribution in [2.24, 2.45) is 5.41 Å². The van der Waals surface area contributed by atoms with Gasteiger partial charge in [-0.3, -0.25) is 0 Å². The van der Waals surface area contributed by atoms with Crippen LogP contribution in [-0.2, 0) is 4.74 Å². The van der Waals surface area contributed by atoms with Gasteiger partial charge in [0.05, 0.1) is 6.61 Å². The topological polar surface area (TPSA) is 21.3 Å². The Balaban J connectivity index is 1.90. The van der Waals surface area contributed by atoms with Crippen LogP contribution >= 0.6 is 0 Å². The summed E-state index contributed by atoms with van der Waals surface area (Å²) in [4.78, 5) is 0. The number of hydrogen-bond acceptors (Lipinski definition) is 2. The van der Waals surface area contributed by atoms with E-state index >= 15 is 0 Å². The largest absolute Gasteiger partial charge is 0.411 e. The number of rotatable bonds is 7. The van der Waals surface area contributed by atoms with Gasteiger partial charge in [0, 0.05) is 13.1 Å². The van der Waals surface area contributed by atoms with Crippen molar-refractivity contribution in [2.45, 2.75) is 32.4 Å². The molecule has 0 aliphatic heterocycles. The lowest BCUT2D eigenvalue weighted by Gasteiger charge is -2.13. The standard InChI is InChI=1S/C10H18F3NO/c1-2-9(3-4-9)7-14-5-6-15-8-10(11,12)13/h14H,2-8H2,1H3. The molecular formula is C10H18F3NO. The first-order chi connectivity index (χ1) is 6.97. The molecule has 0 aromatic rings. The smallest absolute Gasteiger partial charge is 0.371 e. The van der Waals surface area contributed by atoms with Crippen molar-refractivity contribution in [3.63, 3.8) is 0 Å².